The fourth-order valence-corrected chi connectivity index (χ4v) is 4.65. The van der Waals surface area contributed by atoms with Crippen molar-refractivity contribution in [2.45, 2.75) is 46.7 Å². The van der Waals surface area contributed by atoms with Gasteiger partial charge in [-0.1, -0.05) is 38.1 Å². The number of guanidine groups is 1. The molecule has 31 heavy (non-hydrogen) atoms. The monoisotopic (exact) mass is 442 g/mol. The topological polar surface area (TPSA) is 55.8 Å². The molecule has 1 saturated heterocycles. The summed E-state index contributed by atoms with van der Waals surface area (Å²) in [6, 6.07) is 8.74. The molecule has 0 aliphatic carbocycles. The maximum Gasteiger partial charge on any atom is 0.191 e. The van der Waals surface area contributed by atoms with Gasteiger partial charge in [-0.3, -0.25) is 4.90 Å². The number of aromatic nitrogens is 1. The van der Waals surface area contributed by atoms with E-state index in [0.29, 0.717) is 6.54 Å². The molecule has 3 rings (SSSR count). The first-order chi connectivity index (χ1) is 15.2. The van der Waals surface area contributed by atoms with Crippen molar-refractivity contribution in [3.63, 3.8) is 0 Å². The van der Waals surface area contributed by atoms with Crippen LogP contribution in [0, 0.1) is 0 Å². The van der Waals surface area contributed by atoms with Crippen molar-refractivity contribution in [2.24, 2.45) is 4.99 Å². The van der Waals surface area contributed by atoms with Crippen LogP contribution in [-0.2, 0) is 25.9 Å². The molecule has 1 fully saturated rings. The van der Waals surface area contributed by atoms with Crippen LogP contribution in [0.2, 0.25) is 0 Å². The van der Waals surface area contributed by atoms with Crippen molar-refractivity contribution in [1.29, 1.82) is 0 Å². The lowest BCUT2D eigenvalue weighted by molar-refractivity contribution is 0.131. The maximum atomic E-state index is 4.87. The molecule has 0 radical (unpaired) electrons. The molecular formula is C24H38N6S. The number of likely N-dealkylation sites (N-methyl/N-ethyl adjacent to an activating group) is 1. The van der Waals surface area contributed by atoms with Crippen molar-refractivity contribution >= 4 is 17.3 Å². The summed E-state index contributed by atoms with van der Waals surface area (Å²) >= 11 is 1.81. The molecule has 2 heterocycles. The summed E-state index contributed by atoms with van der Waals surface area (Å²) in [7, 11) is 0. The molecule has 0 unspecified atom stereocenters. The molecule has 1 aromatic heterocycles. The zero-order valence-electron chi connectivity index (χ0n) is 19.4. The van der Waals surface area contributed by atoms with E-state index < -0.39 is 0 Å². The Labute approximate surface area is 191 Å². The Morgan fingerprint density at radius 3 is 2.45 bits per heavy atom. The minimum atomic E-state index is 0.692. The molecule has 0 spiro atoms. The number of hydrogen-bond donors (Lipinski definition) is 2. The highest BCUT2D eigenvalue weighted by Gasteiger charge is 2.16. The third-order valence-corrected chi connectivity index (χ3v) is 6.96. The molecule has 1 aromatic carbocycles. The average Bonchev–Trinajstić information content (AvgIpc) is 3.27. The van der Waals surface area contributed by atoms with Gasteiger partial charge in [-0.2, -0.15) is 0 Å². The van der Waals surface area contributed by atoms with Crippen molar-refractivity contribution in [3.8, 4) is 0 Å². The molecule has 0 amide bonds. The molecule has 0 atom stereocenters. The molecule has 7 heteroatoms. The van der Waals surface area contributed by atoms with Crippen LogP contribution >= 0.6 is 11.3 Å². The van der Waals surface area contributed by atoms with Gasteiger partial charge in [0.05, 0.1) is 11.6 Å². The molecule has 170 valence electrons. The van der Waals surface area contributed by atoms with E-state index in [4.69, 9.17) is 4.99 Å². The summed E-state index contributed by atoms with van der Waals surface area (Å²) in [6.07, 6.45) is 3.98. The summed E-state index contributed by atoms with van der Waals surface area (Å²) in [6.45, 7) is 15.7. The van der Waals surface area contributed by atoms with Gasteiger partial charge in [-0.25, -0.2) is 9.98 Å². The van der Waals surface area contributed by atoms with Crippen LogP contribution in [0.3, 0.4) is 0 Å². The molecule has 0 saturated carbocycles. The summed E-state index contributed by atoms with van der Waals surface area (Å²) in [5.41, 5.74) is 2.70. The normalized spacial score (nSPS) is 15.9. The van der Waals surface area contributed by atoms with E-state index in [0.717, 1.165) is 58.1 Å². The number of piperazine rings is 1. The maximum absolute atomic E-state index is 4.87. The van der Waals surface area contributed by atoms with Crippen molar-refractivity contribution in [1.82, 2.24) is 25.4 Å². The number of aryl methyl sites for hydroxylation is 1. The lowest BCUT2D eigenvalue weighted by atomic mass is 10.1. The van der Waals surface area contributed by atoms with E-state index in [1.807, 2.05) is 17.5 Å². The van der Waals surface area contributed by atoms with Crippen LogP contribution in [0.5, 0.6) is 0 Å². The minimum Gasteiger partial charge on any atom is -0.357 e. The first-order valence-corrected chi connectivity index (χ1v) is 12.5. The van der Waals surface area contributed by atoms with E-state index in [1.54, 1.807) is 0 Å². The third kappa shape index (κ3) is 7.59. The zero-order valence-corrected chi connectivity index (χ0v) is 20.2. The summed E-state index contributed by atoms with van der Waals surface area (Å²) in [4.78, 5) is 15.8. The van der Waals surface area contributed by atoms with Crippen LogP contribution in [0.15, 0.2) is 35.5 Å². The Kier molecular flexibility index (Phi) is 9.78. The number of thiazole rings is 1. The van der Waals surface area contributed by atoms with Gasteiger partial charge in [0, 0.05) is 63.3 Å². The lowest BCUT2D eigenvalue weighted by Gasteiger charge is -2.34. The van der Waals surface area contributed by atoms with E-state index in [-0.39, 0.29) is 0 Å². The first kappa shape index (κ1) is 23.7. The third-order valence-electron chi connectivity index (χ3n) is 5.76. The second-order valence-corrected chi connectivity index (χ2v) is 9.12. The largest absolute Gasteiger partial charge is 0.357 e. The van der Waals surface area contributed by atoms with Gasteiger partial charge in [0.25, 0.3) is 0 Å². The lowest BCUT2D eigenvalue weighted by Crippen LogP contribution is -2.45. The molecule has 0 bridgehead atoms. The first-order valence-electron chi connectivity index (χ1n) is 11.7. The van der Waals surface area contributed by atoms with Crippen LogP contribution < -0.4 is 10.6 Å². The van der Waals surface area contributed by atoms with Crippen molar-refractivity contribution < 1.29 is 0 Å². The molecule has 6 nitrogen and oxygen atoms in total. The van der Waals surface area contributed by atoms with Crippen LogP contribution in [0.25, 0.3) is 0 Å². The molecular weight excluding hydrogens is 404 g/mol. The van der Waals surface area contributed by atoms with Crippen LogP contribution in [0.1, 0.15) is 41.8 Å². The summed E-state index contributed by atoms with van der Waals surface area (Å²) in [5.74, 6) is 0.876. The predicted octanol–water partition coefficient (Wildman–Crippen LogP) is 3.14. The Balaban J connectivity index is 1.55. The highest BCUT2D eigenvalue weighted by atomic mass is 32.1. The highest BCUT2D eigenvalue weighted by Crippen LogP contribution is 2.15. The van der Waals surface area contributed by atoms with Crippen molar-refractivity contribution in [3.05, 3.63) is 51.5 Å². The fraction of sp³-hybridized carbons (Fsp3) is 0.583. The Morgan fingerprint density at radius 1 is 1.03 bits per heavy atom. The Hall–Kier alpha value is -1.96. The van der Waals surface area contributed by atoms with E-state index in [9.17, 15) is 0 Å². The quantitative estimate of drug-likeness (QED) is 0.437. The van der Waals surface area contributed by atoms with Gasteiger partial charge < -0.3 is 15.5 Å². The Morgan fingerprint density at radius 2 is 1.77 bits per heavy atom. The SMILES string of the molecule is CCNC(=NCc1ccccc1CN1CCN(CC)CC1)NCCc1ncc(CC)s1. The standard InChI is InChI=1S/C24H38N6S/c1-4-22-18-27-23(31-22)11-12-26-24(25-5-2)28-17-20-9-7-8-10-21(20)19-30-15-13-29(6-3)14-16-30/h7-10,18H,4-6,11-17,19H2,1-3H3,(H2,25,26,28). The predicted molar refractivity (Wildman–Crippen MR) is 132 cm³/mol. The fourth-order valence-electron chi connectivity index (χ4n) is 3.79. The highest BCUT2D eigenvalue weighted by molar-refractivity contribution is 7.11. The Bertz CT molecular complexity index is 810. The van der Waals surface area contributed by atoms with Gasteiger partial charge in [-0.05, 0) is 31.0 Å². The molecule has 1 aliphatic heterocycles. The van der Waals surface area contributed by atoms with Gasteiger partial charge in [0.1, 0.15) is 0 Å². The van der Waals surface area contributed by atoms with Gasteiger partial charge in [0.2, 0.25) is 0 Å². The number of rotatable bonds is 10. The molecule has 2 N–H and O–H groups in total. The number of hydrogen-bond acceptors (Lipinski definition) is 5. The van der Waals surface area contributed by atoms with Crippen LogP contribution in [0.4, 0.5) is 0 Å². The molecule has 2 aromatic rings. The van der Waals surface area contributed by atoms with Gasteiger partial charge in [0.15, 0.2) is 5.96 Å². The van der Waals surface area contributed by atoms with E-state index in [2.05, 4.69) is 70.5 Å². The summed E-state index contributed by atoms with van der Waals surface area (Å²) < 4.78 is 0. The van der Waals surface area contributed by atoms with Crippen LogP contribution in [-0.4, -0.2) is 66.6 Å². The second kappa shape index (κ2) is 12.8. The van der Waals surface area contributed by atoms with E-state index >= 15 is 0 Å². The molecule has 1 aliphatic rings. The number of benzene rings is 1. The minimum absolute atomic E-state index is 0.692. The summed E-state index contributed by atoms with van der Waals surface area (Å²) in [5, 5.41) is 8.03. The smallest absolute Gasteiger partial charge is 0.191 e. The van der Waals surface area contributed by atoms with Gasteiger partial charge in [-0.15, -0.1) is 11.3 Å². The zero-order chi connectivity index (χ0) is 21.9. The average molecular weight is 443 g/mol. The number of aliphatic imine (C=N–C) groups is 1. The van der Waals surface area contributed by atoms with E-state index in [1.165, 1.54) is 34.1 Å². The number of nitrogens with zero attached hydrogens (tertiary/aromatic N) is 4. The van der Waals surface area contributed by atoms with Crippen molar-refractivity contribution in [2.75, 3.05) is 45.8 Å². The van der Waals surface area contributed by atoms with Gasteiger partial charge >= 0.3 is 0 Å². The second-order valence-electron chi connectivity index (χ2n) is 7.92. The number of nitrogens with one attached hydrogen (secondary N) is 2.